The number of allylic oxidation sites excluding steroid dienone is 13. The molecule has 56 heavy (non-hydrogen) atoms. The molecule has 6 unspecified atom stereocenters. The summed E-state index contributed by atoms with van der Waals surface area (Å²) in [4.78, 5) is 2.34. The molecule has 8 rings (SSSR count). The Kier molecular flexibility index (Phi) is 10.6. The maximum absolute atomic E-state index is 4.69. The van der Waals surface area contributed by atoms with E-state index in [0.29, 0.717) is 11.8 Å². The van der Waals surface area contributed by atoms with Crippen LogP contribution in [-0.4, -0.2) is 0 Å². The van der Waals surface area contributed by atoms with Gasteiger partial charge in [0.1, 0.15) is 0 Å². The van der Waals surface area contributed by atoms with Crippen LogP contribution in [0, 0.1) is 23.7 Å². The van der Waals surface area contributed by atoms with E-state index >= 15 is 0 Å². The van der Waals surface area contributed by atoms with E-state index in [9.17, 15) is 0 Å². The normalized spacial score (nSPS) is 22.7. The number of benzene rings is 5. The van der Waals surface area contributed by atoms with Crippen molar-refractivity contribution in [2.45, 2.75) is 45.4 Å². The Hall–Kier alpha value is -5.92. The van der Waals surface area contributed by atoms with Crippen LogP contribution in [0.5, 0.6) is 0 Å². The van der Waals surface area contributed by atoms with Gasteiger partial charge in [0.2, 0.25) is 0 Å². The molecule has 0 aromatic heterocycles. The molecule has 0 bridgehead atoms. The first kappa shape index (κ1) is 37.0. The fraction of sp³-hybridized carbons (Fsp3) is 0.200. The molecular formula is C55H53N. The van der Waals surface area contributed by atoms with Gasteiger partial charge in [0, 0.05) is 40.2 Å². The van der Waals surface area contributed by atoms with Crippen LogP contribution in [0.4, 0.5) is 17.1 Å². The molecule has 3 aliphatic rings. The molecule has 0 N–H and O–H groups in total. The van der Waals surface area contributed by atoms with Crippen LogP contribution in [0.25, 0.3) is 5.57 Å². The van der Waals surface area contributed by atoms with E-state index in [1.165, 1.54) is 44.5 Å². The zero-order valence-electron chi connectivity index (χ0n) is 33.2. The monoisotopic (exact) mass is 727 g/mol. The van der Waals surface area contributed by atoms with Crippen molar-refractivity contribution in [1.82, 2.24) is 0 Å². The van der Waals surface area contributed by atoms with Crippen molar-refractivity contribution < 1.29 is 0 Å². The van der Waals surface area contributed by atoms with Gasteiger partial charge in [-0.25, -0.2) is 0 Å². The van der Waals surface area contributed by atoms with Gasteiger partial charge in [-0.05, 0) is 109 Å². The Morgan fingerprint density at radius 1 is 0.696 bits per heavy atom. The molecule has 5 aromatic carbocycles. The Morgan fingerprint density at radius 3 is 1.93 bits per heavy atom. The number of hydrogen-bond donors (Lipinski definition) is 0. The molecule has 0 amide bonds. The Morgan fingerprint density at radius 2 is 1.30 bits per heavy atom. The van der Waals surface area contributed by atoms with E-state index in [-0.39, 0.29) is 23.2 Å². The fourth-order valence-electron chi connectivity index (χ4n) is 10.2. The van der Waals surface area contributed by atoms with E-state index in [1.54, 1.807) is 0 Å². The molecule has 0 radical (unpaired) electrons. The summed E-state index contributed by atoms with van der Waals surface area (Å²) in [7, 11) is 0. The minimum absolute atomic E-state index is 0.216. The van der Waals surface area contributed by atoms with Gasteiger partial charge in [0.05, 0.1) is 0 Å². The Balaban J connectivity index is 1.19. The second kappa shape index (κ2) is 16.0. The number of anilines is 3. The third kappa shape index (κ3) is 6.60. The molecule has 1 heteroatoms. The van der Waals surface area contributed by atoms with Crippen molar-refractivity contribution in [2.24, 2.45) is 23.7 Å². The van der Waals surface area contributed by atoms with Gasteiger partial charge < -0.3 is 4.90 Å². The molecule has 0 aliphatic heterocycles. The summed E-state index contributed by atoms with van der Waals surface area (Å²) < 4.78 is 0. The van der Waals surface area contributed by atoms with Gasteiger partial charge >= 0.3 is 0 Å². The average molecular weight is 728 g/mol. The lowest BCUT2D eigenvalue weighted by Crippen LogP contribution is -2.42. The molecule has 6 atom stereocenters. The van der Waals surface area contributed by atoms with E-state index in [0.717, 1.165) is 23.5 Å². The molecule has 0 spiro atoms. The van der Waals surface area contributed by atoms with Crippen molar-refractivity contribution in [2.75, 3.05) is 4.90 Å². The van der Waals surface area contributed by atoms with Crippen LogP contribution in [0.15, 0.2) is 218 Å². The van der Waals surface area contributed by atoms with Gasteiger partial charge in [0.15, 0.2) is 0 Å². The van der Waals surface area contributed by atoms with Gasteiger partial charge in [0.25, 0.3) is 0 Å². The summed E-state index contributed by atoms with van der Waals surface area (Å²) >= 11 is 0. The first-order valence-electron chi connectivity index (χ1n) is 20.3. The van der Waals surface area contributed by atoms with Crippen molar-refractivity contribution in [3.05, 3.63) is 240 Å². The molecule has 278 valence electrons. The second-order valence-corrected chi connectivity index (χ2v) is 15.9. The van der Waals surface area contributed by atoms with Crippen LogP contribution in [0.1, 0.15) is 62.3 Å². The lowest BCUT2D eigenvalue weighted by atomic mass is 9.55. The first-order chi connectivity index (χ1) is 27.4. The van der Waals surface area contributed by atoms with Crippen LogP contribution >= 0.6 is 0 Å². The van der Waals surface area contributed by atoms with Gasteiger partial charge in [-0.15, -0.1) is 0 Å². The predicted octanol–water partition coefficient (Wildman–Crippen LogP) is 14.7. The zero-order chi connectivity index (χ0) is 38.6. The summed E-state index contributed by atoms with van der Waals surface area (Å²) in [5.74, 6) is 1.47. The summed E-state index contributed by atoms with van der Waals surface area (Å²) in [6.45, 7) is 13.8. The summed E-state index contributed by atoms with van der Waals surface area (Å²) in [6, 6.07) is 51.0. The van der Waals surface area contributed by atoms with E-state index in [1.807, 2.05) is 0 Å². The zero-order valence-corrected chi connectivity index (χ0v) is 33.2. The molecule has 0 fully saturated rings. The smallest absolute Gasteiger partial charge is 0.0461 e. The summed E-state index contributed by atoms with van der Waals surface area (Å²) in [6.07, 6.45) is 22.1. The minimum atomic E-state index is -0.298. The number of nitrogens with zero attached hydrogens (tertiary/aromatic N) is 1. The molecule has 1 nitrogen and oxygen atoms in total. The van der Waals surface area contributed by atoms with Crippen molar-refractivity contribution >= 4 is 22.6 Å². The number of fused-ring (bicyclic) bond motifs is 2. The average Bonchev–Trinajstić information content (AvgIpc) is 3.24. The SMILES string of the molecule is C=C(C)C(/C(C)=C/C=C\C)(c1ccccc1)C1C=CC(C2=C3C=CC=CC3C(c3ccc(N(c4ccccc4)c4ccccc4)cc3)c3ccccc32)CC1C. The van der Waals surface area contributed by atoms with E-state index < -0.39 is 0 Å². The van der Waals surface area contributed by atoms with Crippen molar-refractivity contribution in [3.8, 4) is 0 Å². The largest absolute Gasteiger partial charge is 0.311 e. The fourth-order valence-corrected chi connectivity index (χ4v) is 10.2. The van der Waals surface area contributed by atoms with Crippen molar-refractivity contribution in [1.29, 1.82) is 0 Å². The van der Waals surface area contributed by atoms with E-state index in [2.05, 4.69) is 227 Å². The van der Waals surface area contributed by atoms with Gasteiger partial charge in [-0.1, -0.05) is 182 Å². The van der Waals surface area contributed by atoms with Gasteiger partial charge in [-0.3, -0.25) is 0 Å². The minimum Gasteiger partial charge on any atom is -0.311 e. The highest BCUT2D eigenvalue weighted by molar-refractivity contribution is 5.82. The van der Waals surface area contributed by atoms with Gasteiger partial charge in [-0.2, -0.15) is 0 Å². The third-order valence-corrected chi connectivity index (χ3v) is 12.6. The molecule has 5 aromatic rings. The molecular weight excluding hydrogens is 675 g/mol. The lowest BCUT2D eigenvalue weighted by molar-refractivity contribution is 0.275. The number of rotatable bonds is 10. The van der Waals surface area contributed by atoms with E-state index in [4.69, 9.17) is 6.58 Å². The number of hydrogen-bond acceptors (Lipinski definition) is 1. The highest BCUT2D eigenvalue weighted by atomic mass is 15.1. The Bertz CT molecular complexity index is 2310. The highest BCUT2D eigenvalue weighted by Crippen LogP contribution is 2.56. The van der Waals surface area contributed by atoms with Crippen LogP contribution in [-0.2, 0) is 5.41 Å². The number of para-hydroxylation sites is 2. The van der Waals surface area contributed by atoms with Crippen LogP contribution < -0.4 is 4.90 Å². The molecule has 0 saturated heterocycles. The molecule has 0 saturated carbocycles. The quantitative estimate of drug-likeness (QED) is 0.102. The summed E-state index contributed by atoms with van der Waals surface area (Å²) in [5, 5.41) is 0. The second-order valence-electron chi connectivity index (χ2n) is 15.9. The van der Waals surface area contributed by atoms with Crippen molar-refractivity contribution in [3.63, 3.8) is 0 Å². The highest BCUT2D eigenvalue weighted by Gasteiger charge is 2.46. The maximum atomic E-state index is 4.69. The standard InChI is InChI=1S/C55H53N/c1-6-7-21-41(5)55(39(2)3,44-22-11-8-12-23-44)52-37-34-43(38-40(52)4)54-50-30-19-17-28-48(50)53(49-29-18-20-31-51(49)54)42-32-35-47(36-33-42)56(45-24-13-9-14-25-45)46-26-15-10-16-27-46/h6-37,40,43,48,52-53H,2,38H2,1,3-5H3/b7-6-,41-21+. The van der Waals surface area contributed by atoms with Crippen LogP contribution in [0.2, 0.25) is 0 Å². The predicted molar refractivity (Wildman–Crippen MR) is 240 cm³/mol. The maximum Gasteiger partial charge on any atom is 0.0461 e. The van der Waals surface area contributed by atoms with Crippen LogP contribution in [0.3, 0.4) is 0 Å². The summed E-state index contributed by atoms with van der Waals surface area (Å²) in [5.41, 5.74) is 14.1. The topological polar surface area (TPSA) is 3.24 Å². The molecule has 0 heterocycles. The lowest BCUT2D eigenvalue weighted by Gasteiger charge is -2.48. The Labute approximate surface area is 335 Å². The third-order valence-electron chi connectivity index (χ3n) is 12.6. The first-order valence-corrected chi connectivity index (χ1v) is 20.3. The molecule has 3 aliphatic carbocycles.